The lowest BCUT2D eigenvalue weighted by Crippen LogP contribution is -2.40. The summed E-state index contributed by atoms with van der Waals surface area (Å²) in [4.78, 5) is 20.2. The topological polar surface area (TPSA) is 104 Å². The molecule has 0 fully saturated rings. The number of thiazole rings is 1. The SMILES string of the molecule is CN=C(NCCNc1ccc([N+](=O)[O-])cc1)NCCc1nc(C)c(C)s1.I. The maximum atomic E-state index is 10.6. The largest absolute Gasteiger partial charge is 0.383 e. The number of nitrogens with zero attached hydrogens (tertiary/aromatic N) is 3. The first kappa shape index (κ1) is 23.1. The Morgan fingerprint density at radius 2 is 1.85 bits per heavy atom. The van der Waals surface area contributed by atoms with Crippen LogP contribution >= 0.6 is 35.3 Å². The molecule has 10 heteroatoms. The average Bonchev–Trinajstić information content (AvgIpc) is 2.95. The van der Waals surface area contributed by atoms with Gasteiger partial charge in [-0.1, -0.05) is 0 Å². The number of aromatic nitrogens is 1. The first-order valence-electron chi connectivity index (χ1n) is 8.35. The average molecular weight is 504 g/mol. The molecule has 1 aromatic heterocycles. The van der Waals surface area contributed by atoms with Gasteiger partial charge in [0.2, 0.25) is 0 Å². The van der Waals surface area contributed by atoms with Crippen LogP contribution in [0.15, 0.2) is 29.3 Å². The summed E-state index contributed by atoms with van der Waals surface area (Å²) < 4.78 is 0. The van der Waals surface area contributed by atoms with Gasteiger partial charge in [-0.2, -0.15) is 0 Å². The molecule has 8 nitrogen and oxygen atoms in total. The van der Waals surface area contributed by atoms with Gasteiger partial charge >= 0.3 is 0 Å². The lowest BCUT2D eigenvalue weighted by Gasteiger charge is -2.12. The number of hydrogen-bond donors (Lipinski definition) is 3. The predicted octanol–water partition coefficient (Wildman–Crippen LogP) is 3.11. The van der Waals surface area contributed by atoms with Gasteiger partial charge in [0.1, 0.15) is 0 Å². The van der Waals surface area contributed by atoms with Crippen molar-refractivity contribution >= 4 is 52.6 Å². The van der Waals surface area contributed by atoms with E-state index in [1.165, 1.54) is 17.0 Å². The van der Waals surface area contributed by atoms with Crippen molar-refractivity contribution in [2.75, 3.05) is 32.0 Å². The van der Waals surface area contributed by atoms with E-state index in [1.807, 2.05) is 6.92 Å². The lowest BCUT2D eigenvalue weighted by atomic mass is 10.3. The van der Waals surface area contributed by atoms with Crippen LogP contribution in [0.2, 0.25) is 0 Å². The van der Waals surface area contributed by atoms with Crippen molar-refractivity contribution in [3.8, 4) is 0 Å². The Labute approximate surface area is 180 Å². The number of hydrogen-bond acceptors (Lipinski definition) is 6. The van der Waals surface area contributed by atoms with E-state index in [9.17, 15) is 10.1 Å². The third-order valence-corrected chi connectivity index (χ3v) is 4.89. The smallest absolute Gasteiger partial charge is 0.269 e. The number of benzene rings is 1. The molecule has 1 aromatic carbocycles. The van der Waals surface area contributed by atoms with Crippen molar-refractivity contribution in [1.82, 2.24) is 15.6 Å². The minimum absolute atomic E-state index is 0. The third-order valence-electron chi connectivity index (χ3n) is 3.75. The van der Waals surface area contributed by atoms with Crippen LogP contribution in [0.25, 0.3) is 0 Å². The Kier molecular flexibility index (Phi) is 10.0. The van der Waals surface area contributed by atoms with E-state index in [0.717, 1.165) is 35.3 Å². The first-order valence-corrected chi connectivity index (χ1v) is 9.17. The number of rotatable bonds is 8. The van der Waals surface area contributed by atoms with E-state index >= 15 is 0 Å². The van der Waals surface area contributed by atoms with Crippen molar-refractivity contribution in [2.24, 2.45) is 4.99 Å². The quantitative estimate of drug-likeness (QED) is 0.128. The zero-order valence-electron chi connectivity index (χ0n) is 15.6. The molecular formula is C17H25IN6O2S. The monoisotopic (exact) mass is 504 g/mol. The van der Waals surface area contributed by atoms with E-state index in [1.54, 1.807) is 30.5 Å². The normalized spacial score (nSPS) is 10.9. The summed E-state index contributed by atoms with van der Waals surface area (Å²) in [7, 11) is 1.73. The number of non-ortho nitro benzene ring substituents is 1. The van der Waals surface area contributed by atoms with Crippen LogP contribution in [0.5, 0.6) is 0 Å². The third kappa shape index (κ3) is 7.67. The molecule has 0 aliphatic carbocycles. The fraction of sp³-hybridized carbons (Fsp3) is 0.412. The number of anilines is 1. The van der Waals surface area contributed by atoms with Gasteiger partial charge in [0.05, 0.1) is 15.6 Å². The van der Waals surface area contributed by atoms with Gasteiger partial charge in [0, 0.05) is 55.8 Å². The second kappa shape index (κ2) is 11.7. The number of nitro groups is 1. The molecule has 3 N–H and O–H groups in total. The summed E-state index contributed by atoms with van der Waals surface area (Å²) in [6.45, 7) is 6.22. The molecule has 0 aliphatic rings. The number of aryl methyl sites for hydroxylation is 2. The summed E-state index contributed by atoms with van der Waals surface area (Å²) in [5.41, 5.74) is 2.03. The Hall–Kier alpha value is -1.95. The number of nitro benzene ring substituents is 1. The van der Waals surface area contributed by atoms with Crippen molar-refractivity contribution in [3.05, 3.63) is 50.0 Å². The van der Waals surface area contributed by atoms with Crippen LogP contribution in [-0.2, 0) is 6.42 Å². The van der Waals surface area contributed by atoms with Crippen LogP contribution in [0, 0.1) is 24.0 Å². The van der Waals surface area contributed by atoms with Crippen molar-refractivity contribution in [2.45, 2.75) is 20.3 Å². The van der Waals surface area contributed by atoms with Gasteiger partial charge in [0.15, 0.2) is 5.96 Å². The number of nitrogens with one attached hydrogen (secondary N) is 3. The zero-order valence-corrected chi connectivity index (χ0v) is 18.8. The Morgan fingerprint density at radius 3 is 2.41 bits per heavy atom. The summed E-state index contributed by atoms with van der Waals surface area (Å²) in [6.07, 6.45) is 0.862. The summed E-state index contributed by atoms with van der Waals surface area (Å²) in [5, 5.41) is 21.5. The van der Waals surface area contributed by atoms with E-state index in [-0.39, 0.29) is 29.7 Å². The van der Waals surface area contributed by atoms with Crippen LogP contribution < -0.4 is 16.0 Å². The highest BCUT2D eigenvalue weighted by atomic mass is 127. The summed E-state index contributed by atoms with van der Waals surface area (Å²) in [6, 6.07) is 6.36. The fourth-order valence-electron chi connectivity index (χ4n) is 2.24. The first-order chi connectivity index (χ1) is 12.5. The highest BCUT2D eigenvalue weighted by Crippen LogP contribution is 2.16. The van der Waals surface area contributed by atoms with Gasteiger partial charge in [0.25, 0.3) is 5.69 Å². The van der Waals surface area contributed by atoms with Crippen molar-refractivity contribution in [1.29, 1.82) is 0 Å². The Morgan fingerprint density at radius 1 is 1.19 bits per heavy atom. The van der Waals surface area contributed by atoms with Crippen LogP contribution in [-0.4, -0.2) is 42.5 Å². The molecule has 0 amide bonds. The van der Waals surface area contributed by atoms with E-state index in [4.69, 9.17) is 0 Å². The minimum atomic E-state index is -0.407. The van der Waals surface area contributed by atoms with Gasteiger partial charge in [-0.15, -0.1) is 35.3 Å². The predicted molar refractivity (Wildman–Crippen MR) is 122 cm³/mol. The molecule has 0 aliphatic heterocycles. The van der Waals surface area contributed by atoms with Crippen molar-refractivity contribution < 1.29 is 4.92 Å². The maximum absolute atomic E-state index is 10.6. The van der Waals surface area contributed by atoms with Gasteiger partial charge < -0.3 is 16.0 Å². The molecule has 0 saturated carbocycles. The molecule has 2 aromatic rings. The van der Waals surface area contributed by atoms with Crippen LogP contribution in [0.4, 0.5) is 11.4 Å². The second-order valence-electron chi connectivity index (χ2n) is 5.66. The Balaban J connectivity index is 0.00000364. The molecule has 1 heterocycles. The summed E-state index contributed by atoms with van der Waals surface area (Å²) in [5.74, 6) is 0.737. The zero-order chi connectivity index (χ0) is 18.9. The van der Waals surface area contributed by atoms with E-state index < -0.39 is 4.92 Å². The number of guanidine groups is 1. The minimum Gasteiger partial charge on any atom is -0.383 e. The van der Waals surface area contributed by atoms with Gasteiger partial charge in [-0.3, -0.25) is 15.1 Å². The van der Waals surface area contributed by atoms with Gasteiger partial charge in [-0.05, 0) is 26.0 Å². The summed E-state index contributed by atoms with van der Waals surface area (Å²) >= 11 is 1.73. The maximum Gasteiger partial charge on any atom is 0.269 e. The number of halogens is 1. The molecule has 0 unspecified atom stereocenters. The Bertz CT molecular complexity index is 744. The van der Waals surface area contributed by atoms with E-state index in [2.05, 4.69) is 32.9 Å². The molecule has 148 valence electrons. The molecule has 0 spiro atoms. The highest BCUT2D eigenvalue weighted by Gasteiger charge is 2.05. The van der Waals surface area contributed by atoms with E-state index in [0.29, 0.717) is 13.1 Å². The van der Waals surface area contributed by atoms with Crippen LogP contribution in [0.3, 0.4) is 0 Å². The molecule has 0 bridgehead atoms. The molecular weight excluding hydrogens is 479 g/mol. The second-order valence-corrected chi connectivity index (χ2v) is 6.94. The fourth-order valence-corrected chi connectivity index (χ4v) is 3.18. The molecule has 0 saturated heterocycles. The van der Waals surface area contributed by atoms with Crippen molar-refractivity contribution in [3.63, 3.8) is 0 Å². The molecule has 0 radical (unpaired) electrons. The van der Waals surface area contributed by atoms with Gasteiger partial charge in [-0.25, -0.2) is 4.98 Å². The standard InChI is InChI=1S/C17H24N6O2S.HI/c1-12-13(2)26-16(22-12)8-9-20-17(18-3)21-11-10-19-14-4-6-15(7-5-14)23(24)25;/h4-7,19H,8-11H2,1-3H3,(H2,18,20,21);1H. The number of aliphatic imine (C=N–C) groups is 1. The lowest BCUT2D eigenvalue weighted by molar-refractivity contribution is -0.384. The van der Waals surface area contributed by atoms with Crippen LogP contribution in [0.1, 0.15) is 15.6 Å². The molecule has 2 rings (SSSR count). The molecule has 27 heavy (non-hydrogen) atoms. The molecule has 0 atom stereocenters. The highest BCUT2D eigenvalue weighted by molar-refractivity contribution is 14.0.